The van der Waals surface area contributed by atoms with E-state index in [0.717, 1.165) is 0 Å². The van der Waals surface area contributed by atoms with E-state index in [1.807, 2.05) is 0 Å². The summed E-state index contributed by atoms with van der Waals surface area (Å²) in [4.78, 5) is 44.9. The molecule has 148 valence electrons. The molecule has 1 amide bonds. The Bertz CT molecular complexity index is 877. The molecule has 0 saturated carbocycles. The molecule has 2 atom stereocenters. The molecule has 1 aliphatic heterocycles. The SMILES string of the molecule is CC(=O)Oc1ccc(/C=C/C(=O)NC2(C)SC=CC2C(=O)O)cc1OC(C)=O. The quantitative estimate of drug-likeness (QED) is 0.421. The number of benzene rings is 1. The summed E-state index contributed by atoms with van der Waals surface area (Å²) < 4.78 is 10.0. The molecule has 0 aromatic heterocycles. The molecule has 0 fully saturated rings. The molecular formula is C19H19NO7S. The molecule has 2 N–H and O–H groups in total. The molecule has 9 heteroatoms. The molecule has 1 aromatic carbocycles. The maximum Gasteiger partial charge on any atom is 0.313 e. The maximum absolute atomic E-state index is 12.2. The molecule has 0 spiro atoms. The van der Waals surface area contributed by atoms with Crippen LogP contribution in [0.25, 0.3) is 6.08 Å². The van der Waals surface area contributed by atoms with Gasteiger partial charge < -0.3 is 19.9 Å². The lowest BCUT2D eigenvalue weighted by atomic mass is 10.0. The molecule has 0 radical (unpaired) electrons. The molecule has 1 aliphatic rings. The third kappa shape index (κ3) is 5.46. The van der Waals surface area contributed by atoms with Gasteiger partial charge in [-0.2, -0.15) is 0 Å². The predicted molar refractivity (Wildman–Crippen MR) is 102 cm³/mol. The molecule has 0 aliphatic carbocycles. The average Bonchev–Trinajstić information content (AvgIpc) is 2.95. The minimum absolute atomic E-state index is 0.0405. The van der Waals surface area contributed by atoms with Gasteiger partial charge in [0.2, 0.25) is 5.91 Å². The van der Waals surface area contributed by atoms with Gasteiger partial charge in [0.1, 0.15) is 10.8 Å². The van der Waals surface area contributed by atoms with Crippen molar-refractivity contribution in [3.63, 3.8) is 0 Å². The first-order chi connectivity index (χ1) is 13.1. The third-order valence-electron chi connectivity index (χ3n) is 3.72. The number of carbonyl (C=O) groups excluding carboxylic acids is 3. The van der Waals surface area contributed by atoms with Gasteiger partial charge in [-0.1, -0.05) is 12.1 Å². The zero-order valence-corrected chi connectivity index (χ0v) is 16.2. The number of thioether (sulfide) groups is 1. The van der Waals surface area contributed by atoms with Crippen molar-refractivity contribution in [1.82, 2.24) is 5.32 Å². The van der Waals surface area contributed by atoms with Crippen molar-refractivity contribution in [1.29, 1.82) is 0 Å². The van der Waals surface area contributed by atoms with Crippen molar-refractivity contribution in [2.75, 3.05) is 0 Å². The number of amides is 1. The minimum atomic E-state index is -1.03. The zero-order valence-electron chi connectivity index (χ0n) is 15.4. The number of rotatable bonds is 6. The Morgan fingerprint density at radius 2 is 1.79 bits per heavy atom. The number of hydrogen-bond acceptors (Lipinski definition) is 7. The van der Waals surface area contributed by atoms with Crippen LogP contribution in [0.1, 0.15) is 26.3 Å². The molecule has 0 bridgehead atoms. The van der Waals surface area contributed by atoms with Gasteiger partial charge >= 0.3 is 17.9 Å². The molecule has 2 rings (SSSR count). The van der Waals surface area contributed by atoms with Gasteiger partial charge in [-0.3, -0.25) is 19.2 Å². The van der Waals surface area contributed by atoms with Crippen LogP contribution in [-0.4, -0.2) is 33.8 Å². The summed E-state index contributed by atoms with van der Waals surface area (Å²) in [5.41, 5.74) is 0.513. The number of hydrogen-bond donors (Lipinski definition) is 2. The van der Waals surface area contributed by atoms with E-state index in [1.165, 1.54) is 56.0 Å². The van der Waals surface area contributed by atoms with E-state index in [2.05, 4.69) is 5.32 Å². The van der Waals surface area contributed by atoms with Gasteiger partial charge in [0.05, 0.1) is 0 Å². The second-order valence-corrected chi connectivity index (χ2v) is 7.44. The van der Waals surface area contributed by atoms with Crippen LogP contribution in [0.2, 0.25) is 0 Å². The van der Waals surface area contributed by atoms with Crippen LogP contribution in [0.4, 0.5) is 0 Å². The van der Waals surface area contributed by atoms with Crippen LogP contribution in [0.15, 0.2) is 35.8 Å². The van der Waals surface area contributed by atoms with Gasteiger partial charge in [0.15, 0.2) is 11.5 Å². The number of carboxylic acid groups (broad SMARTS) is 1. The second-order valence-electron chi connectivity index (χ2n) is 6.09. The topological polar surface area (TPSA) is 119 Å². The highest BCUT2D eigenvalue weighted by molar-refractivity contribution is 8.03. The van der Waals surface area contributed by atoms with Crippen molar-refractivity contribution >= 4 is 41.7 Å². The van der Waals surface area contributed by atoms with E-state index in [9.17, 15) is 24.3 Å². The Morgan fingerprint density at radius 3 is 2.39 bits per heavy atom. The van der Waals surface area contributed by atoms with Crippen LogP contribution in [0.3, 0.4) is 0 Å². The number of carboxylic acids is 1. The third-order valence-corrected chi connectivity index (χ3v) is 4.86. The Morgan fingerprint density at radius 1 is 1.14 bits per heavy atom. The van der Waals surface area contributed by atoms with E-state index in [0.29, 0.717) is 5.56 Å². The highest BCUT2D eigenvalue weighted by Gasteiger charge is 2.42. The van der Waals surface area contributed by atoms with Crippen LogP contribution < -0.4 is 14.8 Å². The number of nitrogens with one attached hydrogen (secondary N) is 1. The van der Waals surface area contributed by atoms with Crippen molar-refractivity contribution in [2.45, 2.75) is 25.6 Å². The second kappa shape index (κ2) is 8.75. The van der Waals surface area contributed by atoms with Crippen LogP contribution in [-0.2, 0) is 19.2 Å². The largest absolute Gasteiger partial charge is 0.481 e. The summed E-state index contributed by atoms with van der Waals surface area (Å²) in [7, 11) is 0. The highest BCUT2D eigenvalue weighted by atomic mass is 32.2. The van der Waals surface area contributed by atoms with Crippen LogP contribution >= 0.6 is 11.8 Å². The minimum Gasteiger partial charge on any atom is -0.481 e. The normalized spacial score (nSPS) is 20.8. The number of carbonyl (C=O) groups is 4. The standard InChI is InChI=1S/C19H19NO7S/c1-11(21)26-15-6-4-13(10-16(15)27-12(2)22)5-7-17(23)20-19(3)14(18(24)25)8-9-28-19/h4-10,14H,1-3H3,(H,20,23)(H,24,25)/b7-5+. The summed E-state index contributed by atoms with van der Waals surface area (Å²) in [6, 6.07) is 4.45. The molecule has 2 unspecified atom stereocenters. The fourth-order valence-corrected chi connectivity index (χ4v) is 3.51. The Labute approximate surface area is 165 Å². The van der Waals surface area contributed by atoms with Crippen molar-refractivity contribution < 1.29 is 33.8 Å². The van der Waals surface area contributed by atoms with Gasteiger partial charge in [-0.25, -0.2) is 0 Å². The van der Waals surface area contributed by atoms with E-state index in [-0.39, 0.29) is 11.5 Å². The lowest BCUT2D eigenvalue weighted by Gasteiger charge is -2.28. The van der Waals surface area contributed by atoms with Crippen molar-refractivity contribution in [3.8, 4) is 11.5 Å². The van der Waals surface area contributed by atoms with E-state index >= 15 is 0 Å². The fraction of sp³-hybridized carbons (Fsp3) is 0.263. The predicted octanol–water partition coefficient (Wildman–Crippen LogP) is 2.34. The lowest BCUT2D eigenvalue weighted by molar-refractivity contribution is -0.141. The molecule has 1 heterocycles. The van der Waals surface area contributed by atoms with Gasteiger partial charge in [0, 0.05) is 19.9 Å². The number of aliphatic carboxylic acids is 1. The van der Waals surface area contributed by atoms with Crippen LogP contribution in [0.5, 0.6) is 11.5 Å². The molecule has 28 heavy (non-hydrogen) atoms. The van der Waals surface area contributed by atoms with Crippen molar-refractivity contribution in [3.05, 3.63) is 41.3 Å². The summed E-state index contributed by atoms with van der Waals surface area (Å²) >= 11 is 1.21. The maximum atomic E-state index is 12.2. The Balaban J connectivity index is 2.14. The first kappa shape index (κ1) is 21.2. The van der Waals surface area contributed by atoms with Gasteiger partial charge in [0.25, 0.3) is 0 Å². The van der Waals surface area contributed by atoms with Gasteiger partial charge in [-0.15, -0.1) is 11.8 Å². The number of ether oxygens (including phenoxy) is 2. The van der Waals surface area contributed by atoms with E-state index in [4.69, 9.17) is 9.47 Å². The smallest absolute Gasteiger partial charge is 0.313 e. The Kier molecular flexibility index (Phi) is 6.63. The number of esters is 2. The van der Waals surface area contributed by atoms with Crippen molar-refractivity contribution in [2.24, 2.45) is 5.92 Å². The summed E-state index contributed by atoms with van der Waals surface area (Å²) in [6.07, 6.45) is 4.23. The lowest BCUT2D eigenvalue weighted by Crippen LogP contribution is -2.48. The zero-order chi connectivity index (χ0) is 20.9. The summed E-state index contributed by atoms with van der Waals surface area (Å²) in [6.45, 7) is 4.06. The Hall–Kier alpha value is -3.07. The molecule has 0 saturated heterocycles. The molecule has 1 aromatic rings. The van der Waals surface area contributed by atoms with Gasteiger partial charge in [-0.05, 0) is 36.1 Å². The van der Waals surface area contributed by atoms with Crippen LogP contribution in [0, 0.1) is 5.92 Å². The first-order valence-corrected chi connectivity index (χ1v) is 9.07. The van der Waals surface area contributed by atoms with E-state index < -0.39 is 34.6 Å². The highest BCUT2D eigenvalue weighted by Crippen LogP contribution is 2.38. The summed E-state index contributed by atoms with van der Waals surface area (Å²) in [5, 5.41) is 13.6. The molecule has 8 nitrogen and oxygen atoms in total. The van der Waals surface area contributed by atoms with E-state index in [1.54, 1.807) is 18.4 Å². The molecular weight excluding hydrogens is 386 g/mol. The fourth-order valence-electron chi connectivity index (χ4n) is 2.50. The monoisotopic (exact) mass is 405 g/mol. The summed E-state index contributed by atoms with van der Waals surface area (Å²) in [5.74, 6) is -3.39. The average molecular weight is 405 g/mol. The first-order valence-electron chi connectivity index (χ1n) is 8.19.